The predicted molar refractivity (Wildman–Crippen MR) is 95.7 cm³/mol. The fourth-order valence-electron chi connectivity index (χ4n) is 3.29. The van der Waals surface area contributed by atoms with Crippen LogP contribution in [0.3, 0.4) is 0 Å². The van der Waals surface area contributed by atoms with Gasteiger partial charge in [-0.05, 0) is 36.2 Å². The van der Waals surface area contributed by atoms with Gasteiger partial charge in [-0.1, -0.05) is 18.2 Å². The van der Waals surface area contributed by atoms with Gasteiger partial charge < -0.3 is 9.14 Å². The minimum Gasteiger partial charge on any atom is -0.460 e. The van der Waals surface area contributed by atoms with E-state index in [9.17, 15) is 14.4 Å². The molecule has 2 N–H and O–H groups in total. The fourth-order valence-corrected chi connectivity index (χ4v) is 3.29. The van der Waals surface area contributed by atoms with Gasteiger partial charge in [-0.3, -0.25) is 4.79 Å². The first-order valence-electron chi connectivity index (χ1n) is 8.57. The van der Waals surface area contributed by atoms with Crippen LogP contribution in [0.1, 0.15) is 29.2 Å². The second-order valence-electron chi connectivity index (χ2n) is 6.42. The van der Waals surface area contributed by atoms with E-state index in [-0.39, 0.29) is 18.5 Å². The Balaban J connectivity index is 1.40. The molecule has 1 aliphatic heterocycles. The zero-order chi connectivity index (χ0) is 18.8. The monoisotopic (exact) mass is 364 g/mol. The van der Waals surface area contributed by atoms with Crippen molar-refractivity contribution in [2.45, 2.75) is 25.1 Å². The van der Waals surface area contributed by atoms with Crippen LogP contribution in [0.4, 0.5) is 4.39 Å². The molecule has 1 aromatic carbocycles. The summed E-state index contributed by atoms with van der Waals surface area (Å²) in [6, 6.07) is 13.3. The van der Waals surface area contributed by atoms with Gasteiger partial charge in [0.15, 0.2) is 0 Å². The maximum atomic E-state index is 13.0. The van der Waals surface area contributed by atoms with Crippen LogP contribution in [0.2, 0.25) is 0 Å². The number of hydrogen-bond acceptors (Lipinski definition) is 5. The molecule has 0 amide bonds. The van der Waals surface area contributed by atoms with E-state index in [4.69, 9.17) is 4.74 Å². The van der Waals surface area contributed by atoms with Crippen molar-refractivity contribution in [2.75, 3.05) is 0 Å². The van der Waals surface area contributed by atoms with Crippen molar-refractivity contribution in [3.8, 4) is 6.07 Å². The minimum atomic E-state index is -0.511. The van der Waals surface area contributed by atoms with E-state index in [1.54, 1.807) is 18.3 Å². The van der Waals surface area contributed by atoms with Crippen molar-refractivity contribution in [1.82, 2.24) is 15.3 Å². The van der Waals surface area contributed by atoms with E-state index in [1.165, 1.54) is 12.1 Å². The summed E-state index contributed by atoms with van der Waals surface area (Å²) in [5, 5.41) is 9.41. The molecule has 0 aliphatic carbocycles. The number of benzene rings is 1. The molecule has 4 rings (SSSR count). The Morgan fingerprint density at radius 2 is 2.07 bits per heavy atom. The Kier molecular flexibility index (Phi) is 4.59. The number of nitrogens with one attached hydrogen (secondary N) is 2. The average molecular weight is 364 g/mol. The van der Waals surface area contributed by atoms with Crippen LogP contribution in [0.15, 0.2) is 54.9 Å². The summed E-state index contributed by atoms with van der Waals surface area (Å²) < 4.78 is 20.3. The SMILES string of the molecule is N#Cc1c(COC(=O)C2CC(c3ccc(F)cc3)NN2)cn2ccccc12. The van der Waals surface area contributed by atoms with Gasteiger partial charge in [0.2, 0.25) is 0 Å². The maximum absolute atomic E-state index is 13.0. The predicted octanol–water partition coefficient (Wildman–Crippen LogP) is 2.60. The smallest absolute Gasteiger partial charge is 0.324 e. The molecular formula is C20H17FN4O2. The first-order chi connectivity index (χ1) is 13.2. The number of aromatic nitrogens is 1. The van der Waals surface area contributed by atoms with E-state index >= 15 is 0 Å². The number of rotatable bonds is 4. The molecule has 0 saturated carbocycles. The zero-order valence-electron chi connectivity index (χ0n) is 14.4. The van der Waals surface area contributed by atoms with Gasteiger partial charge in [0, 0.05) is 24.0 Å². The number of esters is 1. The number of nitriles is 1. The van der Waals surface area contributed by atoms with Crippen LogP contribution in [-0.2, 0) is 16.1 Å². The summed E-state index contributed by atoms with van der Waals surface area (Å²) in [6.45, 7) is 0.0306. The molecule has 2 atom stereocenters. The summed E-state index contributed by atoms with van der Waals surface area (Å²) in [5.41, 5.74) is 8.80. The number of hydrogen-bond donors (Lipinski definition) is 2. The molecule has 1 saturated heterocycles. The number of carbonyl (C=O) groups is 1. The number of fused-ring (bicyclic) bond motifs is 1. The molecule has 136 valence electrons. The van der Waals surface area contributed by atoms with Crippen LogP contribution >= 0.6 is 0 Å². The van der Waals surface area contributed by atoms with Crippen LogP contribution in [0.5, 0.6) is 0 Å². The van der Waals surface area contributed by atoms with Crippen LogP contribution < -0.4 is 10.9 Å². The molecular weight excluding hydrogens is 347 g/mol. The van der Waals surface area contributed by atoms with E-state index in [1.807, 2.05) is 28.8 Å². The normalized spacial score (nSPS) is 19.1. The van der Waals surface area contributed by atoms with E-state index in [0.717, 1.165) is 11.1 Å². The summed E-state index contributed by atoms with van der Waals surface area (Å²) in [5.74, 6) is -0.694. The van der Waals surface area contributed by atoms with Gasteiger partial charge >= 0.3 is 5.97 Å². The van der Waals surface area contributed by atoms with Gasteiger partial charge in [0.1, 0.15) is 24.5 Å². The molecule has 3 aromatic rings. The van der Waals surface area contributed by atoms with Crippen LogP contribution in [-0.4, -0.2) is 16.4 Å². The highest BCUT2D eigenvalue weighted by Crippen LogP contribution is 2.24. The number of nitrogens with zero attached hydrogens (tertiary/aromatic N) is 2. The summed E-state index contributed by atoms with van der Waals surface area (Å²) in [7, 11) is 0. The molecule has 0 radical (unpaired) electrons. The van der Waals surface area contributed by atoms with E-state index in [2.05, 4.69) is 16.9 Å². The molecule has 0 spiro atoms. The van der Waals surface area contributed by atoms with E-state index < -0.39 is 12.0 Å². The molecule has 2 unspecified atom stereocenters. The Hall–Kier alpha value is -3.21. The first kappa shape index (κ1) is 17.2. The summed E-state index contributed by atoms with van der Waals surface area (Å²) >= 11 is 0. The van der Waals surface area contributed by atoms with Crippen molar-refractivity contribution < 1.29 is 13.9 Å². The van der Waals surface area contributed by atoms with Crippen molar-refractivity contribution >= 4 is 11.5 Å². The third-order valence-corrected chi connectivity index (χ3v) is 4.70. The lowest BCUT2D eigenvalue weighted by Gasteiger charge is -2.10. The van der Waals surface area contributed by atoms with Crippen molar-refractivity contribution in [3.05, 3.63) is 77.4 Å². The van der Waals surface area contributed by atoms with Crippen molar-refractivity contribution in [3.63, 3.8) is 0 Å². The zero-order valence-corrected chi connectivity index (χ0v) is 14.4. The second-order valence-corrected chi connectivity index (χ2v) is 6.42. The van der Waals surface area contributed by atoms with Gasteiger partial charge in [0.25, 0.3) is 0 Å². The lowest BCUT2D eigenvalue weighted by Crippen LogP contribution is -2.37. The Bertz CT molecular complexity index is 1020. The summed E-state index contributed by atoms with van der Waals surface area (Å²) in [4.78, 5) is 12.4. The Morgan fingerprint density at radius 3 is 2.85 bits per heavy atom. The van der Waals surface area contributed by atoms with Crippen molar-refractivity contribution in [1.29, 1.82) is 5.26 Å². The molecule has 0 bridgehead atoms. The lowest BCUT2D eigenvalue weighted by molar-refractivity contribution is -0.147. The van der Waals surface area contributed by atoms with Crippen molar-refractivity contribution in [2.24, 2.45) is 0 Å². The molecule has 3 heterocycles. The molecule has 1 fully saturated rings. The standard InChI is InChI=1S/C20H17FN4O2/c21-15-6-4-13(5-7-15)17-9-18(24-23-17)20(26)27-12-14-11-25-8-2-1-3-19(25)16(14)10-22/h1-8,11,17-18,23-24H,9,12H2. The molecule has 1 aliphatic rings. The number of hydrazine groups is 1. The number of halogens is 1. The van der Waals surface area contributed by atoms with Gasteiger partial charge in [0.05, 0.1) is 11.1 Å². The second kappa shape index (κ2) is 7.19. The topological polar surface area (TPSA) is 78.6 Å². The van der Waals surface area contributed by atoms with Crippen LogP contribution in [0, 0.1) is 17.1 Å². The Labute approximate surface area is 155 Å². The largest absolute Gasteiger partial charge is 0.460 e. The fraction of sp³-hybridized carbons (Fsp3) is 0.200. The Morgan fingerprint density at radius 1 is 1.26 bits per heavy atom. The lowest BCUT2D eigenvalue weighted by atomic mass is 10.0. The summed E-state index contributed by atoms with van der Waals surface area (Å²) in [6.07, 6.45) is 4.13. The minimum absolute atomic E-state index is 0.0306. The highest BCUT2D eigenvalue weighted by Gasteiger charge is 2.31. The third-order valence-electron chi connectivity index (χ3n) is 4.70. The quantitative estimate of drug-likeness (QED) is 0.696. The number of ether oxygens (including phenoxy) is 1. The number of pyridine rings is 1. The van der Waals surface area contributed by atoms with Gasteiger partial charge in [-0.25, -0.2) is 15.2 Å². The van der Waals surface area contributed by atoms with Gasteiger partial charge in [-0.2, -0.15) is 5.26 Å². The average Bonchev–Trinajstić information content (AvgIpc) is 3.31. The maximum Gasteiger partial charge on any atom is 0.324 e. The highest BCUT2D eigenvalue weighted by molar-refractivity contribution is 5.76. The van der Waals surface area contributed by atoms with Crippen LogP contribution in [0.25, 0.3) is 5.52 Å². The molecule has 27 heavy (non-hydrogen) atoms. The first-order valence-corrected chi connectivity index (χ1v) is 8.57. The number of carbonyl (C=O) groups excluding carboxylic acids is 1. The van der Waals surface area contributed by atoms with Gasteiger partial charge in [-0.15, -0.1) is 0 Å². The molecule has 7 heteroatoms. The molecule has 2 aromatic heterocycles. The van der Waals surface area contributed by atoms with E-state index in [0.29, 0.717) is 17.5 Å². The molecule has 6 nitrogen and oxygen atoms in total. The highest BCUT2D eigenvalue weighted by atomic mass is 19.1. The third kappa shape index (κ3) is 3.40.